The van der Waals surface area contributed by atoms with Crippen LogP contribution in [0.4, 0.5) is 0 Å². The molecule has 1 amide bonds. The second-order valence-electron chi connectivity index (χ2n) is 5.83. The van der Waals surface area contributed by atoms with E-state index in [0.29, 0.717) is 23.1 Å². The van der Waals surface area contributed by atoms with Crippen molar-refractivity contribution < 1.29 is 4.79 Å². The number of nitrogens with zero attached hydrogens (tertiary/aromatic N) is 5. The molecule has 0 saturated heterocycles. The number of carbonyl (C=O) groups excluding carboxylic acids is 1. The van der Waals surface area contributed by atoms with Gasteiger partial charge in [-0.2, -0.15) is 10.2 Å². The van der Waals surface area contributed by atoms with E-state index >= 15 is 0 Å². The lowest BCUT2D eigenvalue weighted by molar-refractivity contribution is -0.134. The maximum Gasteiger partial charge on any atom is 0.227 e. The van der Waals surface area contributed by atoms with Crippen LogP contribution in [0.2, 0.25) is 10.0 Å². The second kappa shape index (κ2) is 6.93. The van der Waals surface area contributed by atoms with Crippen LogP contribution in [0.1, 0.15) is 24.0 Å². The van der Waals surface area contributed by atoms with Crippen LogP contribution < -0.4 is 0 Å². The summed E-state index contributed by atoms with van der Waals surface area (Å²) in [6, 6.07) is 0. The van der Waals surface area contributed by atoms with Crippen LogP contribution in [-0.4, -0.2) is 37.4 Å². The number of hydrogen-bond acceptors (Lipinski definition) is 3. The molecule has 1 unspecified atom stereocenters. The predicted octanol–water partition coefficient (Wildman–Crippen LogP) is 2.83. The minimum atomic E-state index is -0.221. The van der Waals surface area contributed by atoms with Gasteiger partial charge in [0.25, 0.3) is 0 Å². The summed E-state index contributed by atoms with van der Waals surface area (Å²) in [5.74, 6) is -0.202. The monoisotopic (exact) mass is 357 g/mol. The minimum Gasteiger partial charge on any atom is -0.340 e. The van der Waals surface area contributed by atoms with E-state index in [1.54, 1.807) is 34.6 Å². The van der Waals surface area contributed by atoms with Gasteiger partial charge in [-0.3, -0.25) is 14.2 Å². The molecule has 2 aromatic heterocycles. The molecule has 0 spiro atoms. The van der Waals surface area contributed by atoms with E-state index in [-0.39, 0.29) is 11.8 Å². The van der Waals surface area contributed by atoms with Gasteiger partial charge in [-0.25, -0.2) is 0 Å². The summed E-state index contributed by atoms with van der Waals surface area (Å²) in [5.41, 5.74) is 2.46. The Morgan fingerprint density at radius 2 is 2.04 bits per heavy atom. The van der Waals surface area contributed by atoms with Gasteiger partial charge in [-0.05, 0) is 13.8 Å². The summed E-state index contributed by atoms with van der Waals surface area (Å²) in [7, 11) is 3.57. The summed E-state index contributed by atoms with van der Waals surface area (Å²) in [5, 5.41) is 9.67. The highest BCUT2D eigenvalue weighted by molar-refractivity contribution is 6.31. The SMILES string of the molecule is Cc1nn(CC(C)C(=O)N(C)Cc2c(Cl)cnn2C)c(C)c1Cl. The predicted molar refractivity (Wildman–Crippen MR) is 90.6 cm³/mol. The van der Waals surface area contributed by atoms with Crippen LogP contribution in [-0.2, 0) is 24.9 Å². The maximum absolute atomic E-state index is 12.6. The zero-order valence-electron chi connectivity index (χ0n) is 14.0. The molecule has 0 saturated carbocycles. The zero-order chi connectivity index (χ0) is 17.3. The molecule has 0 aliphatic heterocycles. The number of aryl methyl sites for hydroxylation is 2. The van der Waals surface area contributed by atoms with Crippen molar-refractivity contribution in [3.8, 4) is 0 Å². The van der Waals surface area contributed by atoms with Gasteiger partial charge in [0.2, 0.25) is 5.91 Å². The molecular weight excluding hydrogens is 337 g/mol. The molecule has 6 nitrogen and oxygen atoms in total. The molecule has 0 aromatic carbocycles. The third-order valence-corrected chi connectivity index (χ3v) is 4.80. The molecule has 2 aromatic rings. The lowest BCUT2D eigenvalue weighted by Gasteiger charge is -2.22. The normalized spacial score (nSPS) is 12.5. The van der Waals surface area contributed by atoms with Crippen molar-refractivity contribution in [2.45, 2.75) is 33.9 Å². The van der Waals surface area contributed by atoms with E-state index in [0.717, 1.165) is 17.1 Å². The first-order chi connectivity index (χ1) is 10.7. The van der Waals surface area contributed by atoms with Gasteiger partial charge in [0.1, 0.15) is 0 Å². The van der Waals surface area contributed by atoms with Crippen LogP contribution in [0.25, 0.3) is 0 Å². The van der Waals surface area contributed by atoms with Crippen LogP contribution in [0.15, 0.2) is 6.20 Å². The summed E-state index contributed by atoms with van der Waals surface area (Å²) in [4.78, 5) is 14.2. The number of hydrogen-bond donors (Lipinski definition) is 0. The molecule has 0 radical (unpaired) electrons. The molecular formula is C15H21Cl2N5O. The van der Waals surface area contributed by atoms with Gasteiger partial charge in [-0.1, -0.05) is 30.1 Å². The van der Waals surface area contributed by atoms with Gasteiger partial charge in [0, 0.05) is 14.1 Å². The Labute approximate surface area is 146 Å². The first-order valence-corrected chi connectivity index (χ1v) is 8.08. The summed E-state index contributed by atoms with van der Waals surface area (Å²) < 4.78 is 3.46. The third kappa shape index (κ3) is 3.70. The van der Waals surface area contributed by atoms with E-state index in [4.69, 9.17) is 23.2 Å². The molecule has 0 fully saturated rings. The average Bonchev–Trinajstić information content (AvgIpc) is 2.94. The van der Waals surface area contributed by atoms with Crippen molar-refractivity contribution in [1.82, 2.24) is 24.5 Å². The first-order valence-electron chi connectivity index (χ1n) is 7.33. The minimum absolute atomic E-state index is 0.0194. The fourth-order valence-electron chi connectivity index (χ4n) is 2.48. The van der Waals surface area contributed by atoms with Gasteiger partial charge in [0.05, 0.1) is 52.3 Å². The zero-order valence-corrected chi connectivity index (χ0v) is 15.5. The van der Waals surface area contributed by atoms with Crippen molar-refractivity contribution >= 4 is 29.1 Å². The fraction of sp³-hybridized carbons (Fsp3) is 0.533. The molecule has 2 rings (SSSR count). The smallest absolute Gasteiger partial charge is 0.227 e. The Morgan fingerprint density at radius 1 is 1.39 bits per heavy atom. The fourth-order valence-corrected chi connectivity index (χ4v) is 2.84. The van der Waals surface area contributed by atoms with Crippen molar-refractivity contribution in [2.24, 2.45) is 13.0 Å². The van der Waals surface area contributed by atoms with Gasteiger partial charge >= 0.3 is 0 Å². The molecule has 0 bridgehead atoms. The highest BCUT2D eigenvalue weighted by Crippen LogP contribution is 2.21. The van der Waals surface area contributed by atoms with Crippen LogP contribution in [0.3, 0.4) is 0 Å². The molecule has 0 N–H and O–H groups in total. The molecule has 23 heavy (non-hydrogen) atoms. The van der Waals surface area contributed by atoms with Gasteiger partial charge in [-0.15, -0.1) is 0 Å². The number of aromatic nitrogens is 4. The van der Waals surface area contributed by atoms with Crippen molar-refractivity contribution in [3.63, 3.8) is 0 Å². The molecule has 1 atom stereocenters. The van der Waals surface area contributed by atoms with Crippen molar-refractivity contribution in [2.75, 3.05) is 7.05 Å². The first kappa shape index (κ1) is 17.8. The Morgan fingerprint density at radius 3 is 2.52 bits per heavy atom. The Hall–Kier alpha value is -1.53. The Kier molecular flexibility index (Phi) is 5.37. The van der Waals surface area contributed by atoms with E-state index in [1.807, 2.05) is 20.8 Å². The van der Waals surface area contributed by atoms with E-state index in [1.165, 1.54) is 0 Å². The standard InChI is InChI=1S/C15H21Cl2N5O/c1-9(7-22-11(3)14(17)10(2)19-22)15(23)20(4)8-13-12(16)6-18-21(13)5/h6,9H,7-8H2,1-5H3. The third-order valence-electron chi connectivity index (χ3n) is 3.94. The van der Waals surface area contributed by atoms with Crippen LogP contribution in [0.5, 0.6) is 0 Å². The van der Waals surface area contributed by atoms with E-state index in [2.05, 4.69) is 10.2 Å². The van der Waals surface area contributed by atoms with Crippen LogP contribution >= 0.6 is 23.2 Å². The lowest BCUT2D eigenvalue weighted by atomic mass is 10.1. The average molecular weight is 358 g/mol. The highest BCUT2D eigenvalue weighted by Gasteiger charge is 2.22. The lowest BCUT2D eigenvalue weighted by Crippen LogP contribution is -2.34. The molecule has 2 heterocycles. The highest BCUT2D eigenvalue weighted by atomic mass is 35.5. The van der Waals surface area contributed by atoms with Crippen molar-refractivity contribution in [1.29, 1.82) is 0 Å². The van der Waals surface area contributed by atoms with Gasteiger partial charge < -0.3 is 4.90 Å². The molecule has 126 valence electrons. The van der Waals surface area contributed by atoms with Gasteiger partial charge in [0.15, 0.2) is 0 Å². The number of carbonyl (C=O) groups is 1. The molecule has 0 aliphatic rings. The Bertz CT molecular complexity index is 702. The number of rotatable bonds is 5. The largest absolute Gasteiger partial charge is 0.340 e. The maximum atomic E-state index is 12.6. The summed E-state index contributed by atoms with van der Waals surface area (Å²) >= 11 is 12.2. The quantitative estimate of drug-likeness (QED) is 0.826. The van der Waals surface area contributed by atoms with Crippen molar-refractivity contribution in [3.05, 3.63) is 33.3 Å². The Balaban J connectivity index is 2.05. The second-order valence-corrected chi connectivity index (χ2v) is 6.61. The van der Waals surface area contributed by atoms with Crippen LogP contribution in [0, 0.1) is 19.8 Å². The number of amides is 1. The molecule has 8 heteroatoms. The topological polar surface area (TPSA) is 56.0 Å². The number of halogens is 2. The molecule has 0 aliphatic carbocycles. The van der Waals surface area contributed by atoms with E-state index < -0.39 is 0 Å². The summed E-state index contributed by atoms with van der Waals surface area (Å²) in [6.45, 7) is 6.54. The summed E-state index contributed by atoms with van der Waals surface area (Å²) in [6.07, 6.45) is 1.58. The van der Waals surface area contributed by atoms with E-state index in [9.17, 15) is 4.79 Å².